The van der Waals surface area contributed by atoms with Crippen molar-refractivity contribution < 1.29 is 35.9 Å². The van der Waals surface area contributed by atoms with Gasteiger partial charge in [0.05, 0.1) is 17.2 Å². The lowest BCUT2D eigenvalue weighted by Crippen LogP contribution is -2.39. The van der Waals surface area contributed by atoms with Gasteiger partial charge in [-0.1, -0.05) is 36.4 Å². The maximum atomic E-state index is 13.6. The van der Waals surface area contributed by atoms with Gasteiger partial charge in [0.1, 0.15) is 0 Å². The fourth-order valence-corrected chi connectivity index (χ4v) is 4.30. The van der Waals surface area contributed by atoms with Crippen molar-refractivity contribution in [2.45, 2.75) is 37.7 Å². The lowest BCUT2D eigenvalue weighted by atomic mass is 9.84. The lowest BCUT2D eigenvalue weighted by Gasteiger charge is -2.22. The number of amides is 1. The van der Waals surface area contributed by atoms with Crippen LogP contribution in [0.2, 0.25) is 0 Å². The van der Waals surface area contributed by atoms with Crippen LogP contribution in [0.1, 0.15) is 51.9 Å². The summed E-state index contributed by atoms with van der Waals surface area (Å²) >= 11 is 0. The van der Waals surface area contributed by atoms with Crippen molar-refractivity contribution in [3.05, 3.63) is 107 Å². The molecular formula is C28H22F6N2O2. The fraction of sp³-hybridized carbons (Fsp3) is 0.214. The van der Waals surface area contributed by atoms with E-state index in [1.807, 2.05) is 0 Å². The SMILES string of the molecule is CC(NC(=O)c1ccccc1)C(=O)CC(c1cc(C(F)(F)F)cc(C(F)(F)F)c1)c1c[nH]c2ccccc12. The third-order valence-corrected chi connectivity index (χ3v) is 6.28. The van der Waals surface area contributed by atoms with E-state index in [9.17, 15) is 35.9 Å². The monoisotopic (exact) mass is 532 g/mol. The molecule has 3 aromatic carbocycles. The second-order valence-corrected chi connectivity index (χ2v) is 8.91. The summed E-state index contributed by atoms with van der Waals surface area (Å²) in [5.41, 5.74) is -1.98. The number of halogens is 6. The Bertz CT molecular complexity index is 1430. The molecule has 2 atom stereocenters. The number of para-hydroxylation sites is 1. The molecule has 1 amide bonds. The molecule has 0 bridgehead atoms. The number of Topliss-reactive ketones (excluding diaryl/α,β-unsaturated/α-hetero) is 1. The average molecular weight is 532 g/mol. The van der Waals surface area contributed by atoms with E-state index in [4.69, 9.17) is 0 Å². The number of alkyl halides is 6. The number of fused-ring (bicyclic) bond motifs is 1. The number of carbonyl (C=O) groups excluding carboxylic acids is 2. The number of H-pyrrole nitrogens is 1. The number of carbonyl (C=O) groups is 2. The molecule has 0 aliphatic heterocycles. The molecule has 4 aromatic rings. The molecule has 198 valence electrons. The van der Waals surface area contributed by atoms with Crippen LogP contribution in [0.25, 0.3) is 10.9 Å². The van der Waals surface area contributed by atoms with Crippen molar-refractivity contribution >= 4 is 22.6 Å². The first-order valence-electron chi connectivity index (χ1n) is 11.6. The first-order chi connectivity index (χ1) is 17.8. The molecule has 0 saturated heterocycles. The summed E-state index contributed by atoms with van der Waals surface area (Å²) in [6, 6.07) is 15.1. The van der Waals surface area contributed by atoms with E-state index in [2.05, 4.69) is 10.3 Å². The number of aromatic nitrogens is 1. The number of rotatable bonds is 7. The predicted molar refractivity (Wildman–Crippen MR) is 130 cm³/mol. The Morgan fingerprint density at radius 1 is 0.842 bits per heavy atom. The number of aromatic amines is 1. The summed E-state index contributed by atoms with van der Waals surface area (Å²) in [6.07, 6.45) is -9.05. The summed E-state index contributed by atoms with van der Waals surface area (Å²) in [7, 11) is 0. The van der Waals surface area contributed by atoms with Gasteiger partial charge in [0.2, 0.25) is 0 Å². The van der Waals surface area contributed by atoms with Crippen molar-refractivity contribution in [2.24, 2.45) is 0 Å². The number of benzene rings is 3. The van der Waals surface area contributed by atoms with Gasteiger partial charge < -0.3 is 10.3 Å². The molecule has 0 fully saturated rings. The Morgan fingerprint density at radius 2 is 1.42 bits per heavy atom. The maximum absolute atomic E-state index is 13.6. The van der Waals surface area contributed by atoms with E-state index >= 15 is 0 Å². The van der Waals surface area contributed by atoms with Gasteiger partial charge in [-0.25, -0.2) is 0 Å². The van der Waals surface area contributed by atoms with E-state index in [0.717, 1.165) is 0 Å². The highest BCUT2D eigenvalue weighted by Gasteiger charge is 2.38. The normalized spacial score (nSPS) is 13.8. The quantitative estimate of drug-likeness (QED) is 0.249. The third-order valence-electron chi connectivity index (χ3n) is 6.28. The highest BCUT2D eigenvalue weighted by Crippen LogP contribution is 2.41. The molecule has 4 nitrogen and oxygen atoms in total. The number of nitrogens with one attached hydrogen (secondary N) is 2. The molecule has 2 N–H and O–H groups in total. The highest BCUT2D eigenvalue weighted by atomic mass is 19.4. The van der Waals surface area contributed by atoms with E-state index in [-0.39, 0.29) is 11.6 Å². The Kier molecular flexibility index (Phi) is 7.35. The Balaban J connectivity index is 1.75. The molecule has 0 aliphatic carbocycles. The van der Waals surface area contributed by atoms with Crippen LogP contribution in [0.5, 0.6) is 0 Å². The summed E-state index contributed by atoms with van der Waals surface area (Å²) in [4.78, 5) is 28.7. The highest BCUT2D eigenvalue weighted by molar-refractivity contribution is 5.98. The van der Waals surface area contributed by atoms with Crippen LogP contribution >= 0.6 is 0 Å². The Labute approximate surface area is 213 Å². The fourth-order valence-electron chi connectivity index (χ4n) is 4.30. The maximum Gasteiger partial charge on any atom is 0.416 e. The summed E-state index contributed by atoms with van der Waals surface area (Å²) in [5.74, 6) is -2.25. The van der Waals surface area contributed by atoms with Crippen molar-refractivity contribution in [2.75, 3.05) is 0 Å². The van der Waals surface area contributed by atoms with Crippen molar-refractivity contribution in [1.29, 1.82) is 0 Å². The first kappa shape index (κ1) is 27.0. The summed E-state index contributed by atoms with van der Waals surface area (Å²) in [6.45, 7) is 1.42. The second-order valence-electron chi connectivity index (χ2n) is 8.91. The van der Waals surface area contributed by atoms with Crippen LogP contribution in [0.15, 0.2) is 79.0 Å². The Hall–Kier alpha value is -4.08. The molecule has 0 radical (unpaired) electrons. The van der Waals surface area contributed by atoms with Crippen molar-refractivity contribution in [3.63, 3.8) is 0 Å². The number of hydrogen-bond acceptors (Lipinski definition) is 2. The smallest absolute Gasteiger partial charge is 0.361 e. The first-order valence-corrected chi connectivity index (χ1v) is 11.6. The summed E-state index contributed by atoms with van der Waals surface area (Å²) < 4.78 is 81.6. The second kappa shape index (κ2) is 10.4. The number of ketones is 1. The van der Waals surface area contributed by atoms with Crippen LogP contribution in [-0.2, 0) is 17.1 Å². The minimum absolute atomic E-state index is 0.0559. The molecule has 1 aromatic heterocycles. The van der Waals surface area contributed by atoms with Gasteiger partial charge in [-0.15, -0.1) is 0 Å². The van der Waals surface area contributed by atoms with Crippen molar-refractivity contribution in [1.82, 2.24) is 10.3 Å². The largest absolute Gasteiger partial charge is 0.416 e. The lowest BCUT2D eigenvalue weighted by molar-refractivity contribution is -0.143. The molecule has 10 heteroatoms. The third kappa shape index (κ3) is 5.90. The van der Waals surface area contributed by atoms with Crippen LogP contribution < -0.4 is 5.32 Å². The zero-order chi connectivity index (χ0) is 27.7. The Morgan fingerprint density at radius 3 is 2.03 bits per heavy atom. The molecule has 2 unspecified atom stereocenters. The molecular weight excluding hydrogens is 510 g/mol. The average Bonchev–Trinajstić information content (AvgIpc) is 3.30. The van der Waals surface area contributed by atoms with E-state index in [1.54, 1.807) is 54.6 Å². The number of hydrogen-bond donors (Lipinski definition) is 2. The molecule has 0 spiro atoms. The van der Waals surface area contributed by atoms with Gasteiger partial charge >= 0.3 is 12.4 Å². The van der Waals surface area contributed by atoms with E-state index in [1.165, 1.54) is 13.1 Å². The molecule has 0 aliphatic rings. The van der Waals surface area contributed by atoms with Gasteiger partial charge in [-0.2, -0.15) is 26.3 Å². The van der Waals surface area contributed by atoms with Crippen LogP contribution in [0.3, 0.4) is 0 Å². The minimum atomic E-state index is -5.04. The van der Waals surface area contributed by atoms with Gasteiger partial charge in [0.15, 0.2) is 5.78 Å². The van der Waals surface area contributed by atoms with Crippen LogP contribution in [0, 0.1) is 0 Å². The standard InChI is InChI=1S/C28H22F6N2O2/c1-16(36-26(38)17-7-3-2-4-8-17)25(37)14-22(23-15-35-24-10-6-5-9-21(23)24)18-11-19(27(29,30)31)13-20(12-18)28(32,33)34/h2-13,15-16,22,35H,14H2,1H3,(H,36,38). The molecule has 38 heavy (non-hydrogen) atoms. The molecule has 1 heterocycles. The minimum Gasteiger partial charge on any atom is -0.361 e. The van der Waals surface area contributed by atoms with Crippen molar-refractivity contribution in [3.8, 4) is 0 Å². The van der Waals surface area contributed by atoms with Crippen LogP contribution in [-0.4, -0.2) is 22.7 Å². The van der Waals surface area contributed by atoms with E-state index < -0.39 is 53.6 Å². The molecule has 0 saturated carbocycles. The zero-order valence-corrected chi connectivity index (χ0v) is 20.0. The topological polar surface area (TPSA) is 62.0 Å². The zero-order valence-electron chi connectivity index (χ0n) is 20.0. The predicted octanol–water partition coefficient (Wildman–Crippen LogP) is 7.12. The van der Waals surface area contributed by atoms with E-state index in [0.29, 0.717) is 34.2 Å². The molecule has 4 rings (SSSR count). The summed E-state index contributed by atoms with van der Waals surface area (Å²) in [5, 5.41) is 3.10. The van der Waals surface area contributed by atoms with Crippen LogP contribution in [0.4, 0.5) is 26.3 Å². The van der Waals surface area contributed by atoms with Gasteiger partial charge in [0, 0.05) is 35.0 Å². The van der Waals surface area contributed by atoms with Gasteiger partial charge in [-0.3, -0.25) is 9.59 Å². The van der Waals surface area contributed by atoms with Gasteiger partial charge in [-0.05, 0) is 54.4 Å². The van der Waals surface area contributed by atoms with Gasteiger partial charge in [0.25, 0.3) is 5.91 Å².